The number of non-ortho nitro benzene ring substituents is 1. The summed E-state index contributed by atoms with van der Waals surface area (Å²) >= 11 is 0. The Morgan fingerprint density at radius 3 is 2.48 bits per heavy atom. The van der Waals surface area contributed by atoms with Crippen LogP contribution in [0.15, 0.2) is 52.1 Å². The van der Waals surface area contributed by atoms with Crippen molar-refractivity contribution in [2.24, 2.45) is 10.9 Å². The van der Waals surface area contributed by atoms with Gasteiger partial charge in [0.2, 0.25) is 0 Å². The first-order valence-electron chi connectivity index (χ1n) is 10.8. The maximum Gasteiger partial charge on any atom is 0.289 e. The van der Waals surface area contributed by atoms with E-state index in [0.717, 1.165) is 37.7 Å². The fourth-order valence-electron chi connectivity index (χ4n) is 3.81. The maximum atomic E-state index is 12.5. The van der Waals surface area contributed by atoms with Gasteiger partial charge in [-0.3, -0.25) is 14.9 Å². The molecule has 1 atom stereocenters. The van der Waals surface area contributed by atoms with Crippen LogP contribution in [0.5, 0.6) is 0 Å². The second-order valence-corrected chi connectivity index (χ2v) is 7.93. The number of piperazine rings is 1. The number of nitro benzene ring substituents is 1. The Balaban J connectivity index is 0.00000306. The topological polar surface area (TPSA) is 113 Å². The number of rotatable bonds is 6. The molecule has 1 aromatic heterocycles. The van der Waals surface area contributed by atoms with Crippen LogP contribution in [-0.4, -0.2) is 72.5 Å². The van der Waals surface area contributed by atoms with Crippen molar-refractivity contribution in [1.82, 2.24) is 15.1 Å². The Kier molecular flexibility index (Phi) is 9.06. The lowest BCUT2D eigenvalue weighted by atomic mass is 10.1. The molecule has 2 fully saturated rings. The standard InChI is InChI=1S/C22H27N5O5.HI/c28-21(20-2-1-12-32-20)25-8-10-26(11-9-25)22(24-15-18-7-13-31-16-18)23-14-17-3-5-19(6-4-17)27(29)30;/h1-6,12,18H,7-11,13-16H2,(H,23,24);1H. The molecule has 11 heteroatoms. The minimum Gasteiger partial charge on any atom is -0.459 e. The molecule has 1 N–H and O–H groups in total. The van der Waals surface area contributed by atoms with Gasteiger partial charge in [-0.1, -0.05) is 12.1 Å². The highest BCUT2D eigenvalue weighted by Crippen LogP contribution is 2.15. The van der Waals surface area contributed by atoms with E-state index < -0.39 is 4.92 Å². The van der Waals surface area contributed by atoms with Gasteiger partial charge in [0.15, 0.2) is 11.7 Å². The summed E-state index contributed by atoms with van der Waals surface area (Å²) in [6.07, 6.45) is 2.52. The minimum absolute atomic E-state index is 0. The number of hydrogen-bond donors (Lipinski definition) is 1. The molecule has 2 aromatic rings. The van der Waals surface area contributed by atoms with Crippen molar-refractivity contribution >= 4 is 41.5 Å². The molecule has 0 radical (unpaired) electrons. The lowest BCUT2D eigenvalue weighted by Crippen LogP contribution is -2.54. The van der Waals surface area contributed by atoms with Crippen molar-refractivity contribution in [2.75, 3.05) is 45.9 Å². The highest BCUT2D eigenvalue weighted by atomic mass is 127. The molecule has 2 saturated heterocycles. The van der Waals surface area contributed by atoms with Gasteiger partial charge < -0.3 is 24.3 Å². The summed E-state index contributed by atoms with van der Waals surface area (Å²) in [4.78, 5) is 31.7. The van der Waals surface area contributed by atoms with Crippen LogP contribution in [-0.2, 0) is 11.3 Å². The molecule has 3 heterocycles. The smallest absolute Gasteiger partial charge is 0.289 e. The normalized spacial score (nSPS) is 18.7. The molecular weight excluding hydrogens is 541 g/mol. The number of benzene rings is 1. The monoisotopic (exact) mass is 569 g/mol. The predicted molar refractivity (Wildman–Crippen MR) is 133 cm³/mol. The number of nitro groups is 1. The third-order valence-electron chi connectivity index (χ3n) is 5.73. The van der Waals surface area contributed by atoms with E-state index in [1.54, 1.807) is 29.2 Å². The van der Waals surface area contributed by atoms with Gasteiger partial charge in [0.1, 0.15) is 0 Å². The van der Waals surface area contributed by atoms with Crippen LogP contribution in [0.25, 0.3) is 0 Å². The number of amides is 1. The number of aliphatic imine (C=N–C) groups is 1. The number of carbonyl (C=O) groups excluding carboxylic acids is 1. The Morgan fingerprint density at radius 2 is 1.88 bits per heavy atom. The third-order valence-corrected chi connectivity index (χ3v) is 5.73. The van der Waals surface area contributed by atoms with Crippen LogP contribution < -0.4 is 5.32 Å². The van der Waals surface area contributed by atoms with Crippen LogP contribution in [0.1, 0.15) is 22.5 Å². The number of halogens is 1. The van der Waals surface area contributed by atoms with Crippen LogP contribution in [0, 0.1) is 16.0 Å². The fraction of sp³-hybridized carbons (Fsp3) is 0.455. The van der Waals surface area contributed by atoms with E-state index in [4.69, 9.17) is 14.1 Å². The minimum atomic E-state index is -0.410. The Labute approximate surface area is 209 Å². The number of nitrogens with one attached hydrogen (secondary N) is 1. The number of furan rings is 1. The Bertz CT molecular complexity index is 937. The SMILES string of the molecule is I.O=C(c1ccco1)N1CCN(C(=NCc2ccc([N+](=O)[O-])cc2)NCC2CCOC2)CC1. The zero-order chi connectivity index (χ0) is 22.3. The lowest BCUT2D eigenvalue weighted by Gasteiger charge is -2.36. The van der Waals surface area contributed by atoms with E-state index in [0.29, 0.717) is 44.4 Å². The molecule has 4 rings (SSSR count). The van der Waals surface area contributed by atoms with E-state index >= 15 is 0 Å². The molecule has 0 saturated carbocycles. The highest BCUT2D eigenvalue weighted by Gasteiger charge is 2.26. The van der Waals surface area contributed by atoms with Gasteiger partial charge in [-0.25, -0.2) is 4.99 Å². The Hall–Kier alpha value is -2.67. The molecule has 2 aliphatic heterocycles. The summed E-state index contributed by atoms with van der Waals surface area (Å²) in [5.74, 6) is 1.47. The van der Waals surface area contributed by atoms with E-state index in [2.05, 4.69) is 10.2 Å². The van der Waals surface area contributed by atoms with E-state index in [-0.39, 0.29) is 35.6 Å². The van der Waals surface area contributed by atoms with Gasteiger partial charge in [0, 0.05) is 57.4 Å². The van der Waals surface area contributed by atoms with Gasteiger partial charge in [0.25, 0.3) is 11.6 Å². The summed E-state index contributed by atoms with van der Waals surface area (Å²) in [6, 6.07) is 9.83. The highest BCUT2D eigenvalue weighted by molar-refractivity contribution is 14.0. The lowest BCUT2D eigenvalue weighted by molar-refractivity contribution is -0.384. The fourth-order valence-corrected chi connectivity index (χ4v) is 3.81. The molecule has 1 amide bonds. The molecular formula is C22H28IN5O5. The van der Waals surface area contributed by atoms with Gasteiger partial charge in [-0.2, -0.15) is 0 Å². The van der Waals surface area contributed by atoms with Gasteiger partial charge >= 0.3 is 0 Å². The molecule has 0 bridgehead atoms. The molecule has 0 spiro atoms. The number of guanidine groups is 1. The van der Waals surface area contributed by atoms with Crippen molar-refractivity contribution in [3.63, 3.8) is 0 Å². The van der Waals surface area contributed by atoms with Gasteiger partial charge in [-0.15, -0.1) is 24.0 Å². The number of carbonyl (C=O) groups is 1. The molecule has 1 unspecified atom stereocenters. The third kappa shape index (κ3) is 6.67. The Morgan fingerprint density at radius 1 is 1.15 bits per heavy atom. The van der Waals surface area contributed by atoms with Gasteiger partial charge in [0.05, 0.1) is 24.3 Å². The molecule has 0 aliphatic carbocycles. The maximum absolute atomic E-state index is 12.5. The van der Waals surface area contributed by atoms with Crippen LogP contribution >= 0.6 is 24.0 Å². The number of hydrogen-bond acceptors (Lipinski definition) is 6. The molecule has 10 nitrogen and oxygen atoms in total. The van der Waals surface area contributed by atoms with E-state index in [9.17, 15) is 14.9 Å². The molecule has 178 valence electrons. The average molecular weight is 569 g/mol. The largest absolute Gasteiger partial charge is 0.459 e. The van der Waals surface area contributed by atoms with Crippen LogP contribution in [0.4, 0.5) is 5.69 Å². The summed E-state index contributed by atoms with van der Waals surface area (Å²) in [5.41, 5.74) is 0.959. The first kappa shape index (κ1) is 25.0. The van der Waals surface area contributed by atoms with Crippen molar-refractivity contribution < 1.29 is 18.9 Å². The predicted octanol–water partition coefficient (Wildman–Crippen LogP) is 2.75. The van der Waals surface area contributed by atoms with E-state index in [1.165, 1.54) is 18.4 Å². The van der Waals surface area contributed by atoms with Gasteiger partial charge in [-0.05, 0) is 24.1 Å². The zero-order valence-corrected chi connectivity index (χ0v) is 20.6. The quantitative estimate of drug-likeness (QED) is 0.187. The number of ether oxygens (including phenoxy) is 1. The average Bonchev–Trinajstić information content (AvgIpc) is 3.54. The molecule has 33 heavy (non-hydrogen) atoms. The van der Waals surface area contributed by atoms with Crippen molar-refractivity contribution in [3.8, 4) is 0 Å². The number of nitrogens with zero attached hydrogens (tertiary/aromatic N) is 4. The molecule has 2 aliphatic rings. The van der Waals surface area contributed by atoms with Crippen molar-refractivity contribution in [2.45, 2.75) is 13.0 Å². The van der Waals surface area contributed by atoms with Crippen LogP contribution in [0.3, 0.4) is 0 Å². The summed E-state index contributed by atoms with van der Waals surface area (Å²) in [5, 5.41) is 14.3. The zero-order valence-electron chi connectivity index (χ0n) is 18.2. The first-order chi connectivity index (χ1) is 15.6. The van der Waals surface area contributed by atoms with Crippen molar-refractivity contribution in [3.05, 3.63) is 64.1 Å². The first-order valence-corrected chi connectivity index (χ1v) is 10.8. The molecule has 1 aromatic carbocycles. The van der Waals surface area contributed by atoms with Crippen molar-refractivity contribution in [1.29, 1.82) is 0 Å². The second kappa shape index (κ2) is 12.0. The summed E-state index contributed by atoms with van der Waals surface area (Å²) in [7, 11) is 0. The summed E-state index contributed by atoms with van der Waals surface area (Å²) in [6.45, 7) is 5.16. The van der Waals surface area contributed by atoms with E-state index in [1.807, 2.05) is 0 Å². The van der Waals surface area contributed by atoms with Crippen LogP contribution in [0.2, 0.25) is 0 Å². The summed E-state index contributed by atoms with van der Waals surface area (Å²) < 4.78 is 10.7. The second-order valence-electron chi connectivity index (χ2n) is 7.93.